The quantitative estimate of drug-likeness (QED) is 0.892. The van der Waals surface area contributed by atoms with E-state index >= 15 is 0 Å². The van der Waals surface area contributed by atoms with Gasteiger partial charge >= 0.3 is 0 Å². The Hall–Kier alpha value is -0.860. The number of aliphatic hydroxyl groups is 1. The molecular weight excluding hydrogens is 270 g/mol. The number of piperidine rings is 1. The highest BCUT2D eigenvalue weighted by Gasteiger charge is 2.22. The maximum Gasteiger partial charge on any atom is 0.0802 e. The molecule has 2 heteroatoms. The topological polar surface area (TPSA) is 23.5 Å². The van der Waals surface area contributed by atoms with Gasteiger partial charge < -0.3 is 10.0 Å². The smallest absolute Gasteiger partial charge is 0.0802 e. The molecule has 2 nitrogen and oxygen atoms in total. The third kappa shape index (κ3) is 4.82. The summed E-state index contributed by atoms with van der Waals surface area (Å²) in [6.07, 6.45) is 1.82. The van der Waals surface area contributed by atoms with Crippen molar-refractivity contribution in [1.29, 1.82) is 0 Å². The van der Waals surface area contributed by atoms with E-state index < -0.39 is 0 Å². The zero-order valence-electron chi connectivity index (χ0n) is 15.0. The summed E-state index contributed by atoms with van der Waals surface area (Å²) in [5, 5.41) is 10.4. The van der Waals surface area contributed by atoms with Crippen molar-refractivity contribution in [2.24, 2.45) is 11.8 Å². The summed E-state index contributed by atoms with van der Waals surface area (Å²) >= 11 is 0. The Morgan fingerprint density at radius 1 is 1.09 bits per heavy atom. The number of rotatable bonds is 4. The molecule has 1 aliphatic heterocycles. The monoisotopic (exact) mass is 303 g/mol. The number of hydrogen-bond donors (Lipinski definition) is 1. The molecule has 3 unspecified atom stereocenters. The number of likely N-dealkylation sites (tertiary alicyclic amines) is 1. The van der Waals surface area contributed by atoms with E-state index in [2.05, 4.69) is 63.8 Å². The first kappa shape index (κ1) is 17.5. The van der Waals surface area contributed by atoms with Crippen molar-refractivity contribution in [3.63, 3.8) is 0 Å². The molecule has 0 aliphatic carbocycles. The molecule has 1 saturated heterocycles. The Morgan fingerprint density at radius 2 is 1.64 bits per heavy atom. The van der Waals surface area contributed by atoms with Gasteiger partial charge in [-0.3, -0.25) is 0 Å². The summed E-state index contributed by atoms with van der Waals surface area (Å²) in [4.78, 5) is 2.52. The lowest BCUT2D eigenvalue weighted by Crippen LogP contribution is -2.39. The van der Waals surface area contributed by atoms with Gasteiger partial charge in [0.15, 0.2) is 0 Å². The van der Waals surface area contributed by atoms with Gasteiger partial charge in [-0.25, -0.2) is 0 Å². The van der Waals surface area contributed by atoms with E-state index in [9.17, 15) is 5.11 Å². The Labute approximate surface area is 136 Å². The van der Waals surface area contributed by atoms with Gasteiger partial charge in [0.2, 0.25) is 0 Å². The predicted molar refractivity (Wildman–Crippen MR) is 94.1 cm³/mol. The van der Waals surface area contributed by atoms with E-state index in [4.69, 9.17) is 0 Å². The molecule has 0 saturated carbocycles. The van der Waals surface area contributed by atoms with E-state index in [0.29, 0.717) is 0 Å². The van der Waals surface area contributed by atoms with Gasteiger partial charge in [0.05, 0.1) is 6.10 Å². The second kappa shape index (κ2) is 7.14. The number of hydrogen-bond acceptors (Lipinski definition) is 2. The fourth-order valence-electron chi connectivity index (χ4n) is 3.65. The number of aliphatic hydroxyl groups excluding tert-OH is 1. The SMILES string of the molecule is CC1CC(C)CN(CCC(O)c2ccc(C(C)(C)C)cc2)C1. The van der Waals surface area contributed by atoms with Gasteiger partial charge in [-0.2, -0.15) is 0 Å². The Balaban J connectivity index is 1.88. The van der Waals surface area contributed by atoms with Gasteiger partial charge in [0, 0.05) is 19.6 Å². The molecule has 22 heavy (non-hydrogen) atoms. The Kier molecular flexibility index (Phi) is 5.68. The minimum Gasteiger partial charge on any atom is -0.388 e. The zero-order chi connectivity index (χ0) is 16.3. The first-order valence-corrected chi connectivity index (χ1v) is 8.76. The minimum absolute atomic E-state index is 0.170. The third-order valence-electron chi connectivity index (χ3n) is 4.82. The summed E-state index contributed by atoms with van der Waals surface area (Å²) in [7, 11) is 0. The van der Waals surface area contributed by atoms with Gasteiger partial charge in [0.25, 0.3) is 0 Å². The van der Waals surface area contributed by atoms with Crippen molar-refractivity contribution in [2.75, 3.05) is 19.6 Å². The molecule has 1 N–H and O–H groups in total. The second-order valence-corrected chi connectivity index (χ2v) is 8.38. The van der Waals surface area contributed by atoms with Crippen LogP contribution in [0.3, 0.4) is 0 Å². The molecule has 1 aromatic rings. The second-order valence-electron chi connectivity index (χ2n) is 8.38. The van der Waals surface area contributed by atoms with E-state index in [1.165, 1.54) is 25.1 Å². The molecule has 1 fully saturated rings. The summed E-state index contributed by atoms with van der Waals surface area (Å²) in [6.45, 7) is 14.7. The van der Waals surface area contributed by atoms with Crippen molar-refractivity contribution in [3.8, 4) is 0 Å². The molecular formula is C20H33NO. The lowest BCUT2D eigenvalue weighted by molar-refractivity contribution is 0.103. The lowest BCUT2D eigenvalue weighted by Gasteiger charge is -2.35. The van der Waals surface area contributed by atoms with Gasteiger partial charge in [-0.05, 0) is 41.2 Å². The highest BCUT2D eigenvalue weighted by molar-refractivity contribution is 5.28. The zero-order valence-corrected chi connectivity index (χ0v) is 15.0. The van der Waals surface area contributed by atoms with E-state index in [-0.39, 0.29) is 11.5 Å². The minimum atomic E-state index is -0.346. The van der Waals surface area contributed by atoms with Crippen LogP contribution in [-0.4, -0.2) is 29.6 Å². The van der Waals surface area contributed by atoms with Crippen molar-refractivity contribution in [3.05, 3.63) is 35.4 Å². The molecule has 2 rings (SSSR count). The first-order valence-electron chi connectivity index (χ1n) is 8.76. The molecule has 1 aliphatic rings. The van der Waals surface area contributed by atoms with Crippen LogP contribution < -0.4 is 0 Å². The van der Waals surface area contributed by atoms with Crippen LogP contribution in [0, 0.1) is 11.8 Å². The largest absolute Gasteiger partial charge is 0.388 e. The van der Waals surface area contributed by atoms with Crippen LogP contribution in [0.25, 0.3) is 0 Å². The van der Waals surface area contributed by atoms with E-state index in [0.717, 1.165) is 30.4 Å². The third-order valence-corrected chi connectivity index (χ3v) is 4.82. The maximum atomic E-state index is 10.4. The van der Waals surface area contributed by atoms with E-state index in [1.54, 1.807) is 0 Å². The first-order chi connectivity index (χ1) is 10.3. The van der Waals surface area contributed by atoms with Crippen LogP contribution in [-0.2, 0) is 5.41 Å². The predicted octanol–water partition coefficient (Wildman–Crippen LogP) is 4.39. The standard InChI is InChI=1S/C20H33NO/c1-15-12-16(2)14-21(13-15)11-10-19(22)17-6-8-18(9-7-17)20(3,4)5/h6-9,15-16,19,22H,10-14H2,1-5H3. The molecule has 0 amide bonds. The van der Waals surface area contributed by atoms with Crippen molar-refractivity contribution in [1.82, 2.24) is 4.90 Å². The van der Waals surface area contributed by atoms with Crippen molar-refractivity contribution in [2.45, 2.75) is 59.0 Å². The van der Waals surface area contributed by atoms with Crippen LogP contribution >= 0.6 is 0 Å². The fraction of sp³-hybridized carbons (Fsp3) is 0.700. The molecule has 3 atom stereocenters. The Bertz CT molecular complexity index is 450. The molecule has 1 aromatic carbocycles. The van der Waals surface area contributed by atoms with Crippen LogP contribution in [0.2, 0.25) is 0 Å². The molecule has 0 radical (unpaired) electrons. The number of nitrogens with zero attached hydrogens (tertiary/aromatic N) is 1. The molecule has 1 heterocycles. The maximum absolute atomic E-state index is 10.4. The molecule has 0 spiro atoms. The fourth-order valence-corrected chi connectivity index (χ4v) is 3.65. The normalized spacial score (nSPS) is 25.2. The van der Waals surface area contributed by atoms with Crippen molar-refractivity contribution < 1.29 is 5.11 Å². The van der Waals surface area contributed by atoms with E-state index in [1.807, 2.05) is 0 Å². The summed E-state index contributed by atoms with van der Waals surface area (Å²) in [5.41, 5.74) is 2.54. The van der Waals surface area contributed by atoms with Crippen molar-refractivity contribution >= 4 is 0 Å². The van der Waals surface area contributed by atoms with Gasteiger partial charge in [-0.15, -0.1) is 0 Å². The summed E-state index contributed by atoms with van der Waals surface area (Å²) in [5.74, 6) is 1.57. The summed E-state index contributed by atoms with van der Waals surface area (Å²) in [6, 6.07) is 8.49. The highest BCUT2D eigenvalue weighted by atomic mass is 16.3. The average Bonchev–Trinajstić information content (AvgIpc) is 2.43. The van der Waals surface area contributed by atoms with Crippen LogP contribution in [0.4, 0.5) is 0 Å². The highest BCUT2D eigenvalue weighted by Crippen LogP contribution is 2.26. The van der Waals surface area contributed by atoms with Crippen LogP contribution in [0.1, 0.15) is 64.7 Å². The lowest BCUT2D eigenvalue weighted by atomic mass is 9.86. The van der Waals surface area contributed by atoms with Gasteiger partial charge in [0.1, 0.15) is 0 Å². The average molecular weight is 303 g/mol. The van der Waals surface area contributed by atoms with Crippen LogP contribution in [0.15, 0.2) is 24.3 Å². The summed E-state index contributed by atoms with van der Waals surface area (Å²) < 4.78 is 0. The van der Waals surface area contributed by atoms with Gasteiger partial charge in [-0.1, -0.05) is 58.9 Å². The number of benzene rings is 1. The molecule has 0 bridgehead atoms. The molecule has 124 valence electrons. The molecule has 0 aromatic heterocycles. The Morgan fingerprint density at radius 3 is 2.14 bits per heavy atom. The van der Waals surface area contributed by atoms with Crippen LogP contribution in [0.5, 0.6) is 0 Å².